The quantitative estimate of drug-likeness (QED) is 0.657. The molecule has 114 valence electrons. The number of carboxylic acids is 1. The SMILES string of the molecule is CC1CCC(OC(=O)Oc2cccc(O)c2C(=O)O)CC1. The first-order valence-corrected chi connectivity index (χ1v) is 6.91. The van der Waals surface area contributed by atoms with Crippen LogP contribution >= 0.6 is 0 Å². The molecular formula is C15H18O6. The second-order valence-electron chi connectivity index (χ2n) is 5.31. The van der Waals surface area contributed by atoms with Gasteiger partial charge in [-0.15, -0.1) is 0 Å². The molecule has 0 aromatic heterocycles. The maximum absolute atomic E-state index is 11.7. The highest BCUT2D eigenvalue weighted by atomic mass is 16.7. The third-order valence-electron chi connectivity index (χ3n) is 3.64. The second kappa shape index (κ2) is 6.47. The van der Waals surface area contributed by atoms with Crippen LogP contribution in [-0.4, -0.2) is 28.4 Å². The molecule has 0 saturated heterocycles. The second-order valence-corrected chi connectivity index (χ2v) is 5.31. The Labute approximate surface area is 122 Å². The van der Waals surface area contributed by atoms with Crippen LogP contribution in [-0.2, 0) is 4.74 Å². The topological polar surface area (TPSA) is 93.1 Å². The molecule has 1 fully saturated rings. The Morgan fingerprint density at radius 1 is 1.19 bits per heavy atom. The lowest BCUT2D eigenvalue weighted by atomic mass is 9.89. The van der Waals surface area contributed by atoms with Crippen molar-refractivity contribution in [2.24, 2.45) is 5.92 Å². The average molecular weight is 294 g/mol. The van der Waals surface area contributed by atoms with Gasteiger partial charge in [-0.1, -0.05) is 13.0 Å². The van der Waals surface area contributed by atoms with Crippen molar-refractivity contribution in [1.82, 2.24) is 0 Å². The fraction of sp³-hybridized carbons (Fsp3) is 0.467. The van der Waals surface area contributed by atoms with Gasteiger partial charge in [0, 0.05) is 0 Å². The van der Waals surface area contributed by atoms with Crippen molar-refractivity contribution in [3.05, 3.63) is 23.8 Å². The third-order valence-corrected chi connectivity index (χ3v) is 3.64. The van der Waals surface area contributed by atoms with E-state index < -0.39 is 23.4 Å². The van der Waals surface area contributed by atoms with Crippen molar-refractivity contribution in [3.63, 3.8) is 0 Å². The fourth-order valence-corrected chi connectivity index (χ4v) is 2.42. The highest BCUT2D eigenvalue weighted by molar-refractivity contribution is 5.94. The van der Waals surface area contributed by atoms with Gasteiger partial charge >= 0.3 is 12.1 Å². The summed E-state index contributed by atoms with van der Waals surface area (Å²) in [7, 11) is 0. The number of hydrogen-bond acceptors (Lipinski definition) is 5. The van der Waals surface area contributed by atoms with E-state index in [1.165, 1.54) is 18.2 Å². The number of aromatic carboxylic acids is 1. The molecule has 1 saturated carbocycles. The molecule has 1 aromatic rings. The molecule has 0 unspecified atom stereocenters. The van der Waals surface area contributed by atoms with E-state index in [0.717, 1.165) is 25.7 Å². The molecule has 1 aromatic carbocycles. The lowest BCUT2D eigenvalue weighted by Crippen LogP contribution is -2.25. The van der Waals surface area contributed by atoms with Gasteiger partial charge in [0.05, 0.1) is 0 Å². The minimum absolute atomic E-state index is 0.195. The Hall–Kier alpha value is -2.24. The number of benzene rings is 1. The van der Waals surface area contributed by atoms with Crippen molar-refractivity contribution in [3.8, 4) is 11.5 Å². The Morgan fingerprint density at radius 3 is 2.48 bits per heavy atom. The maximum Gasteiger partial charge on any atom is 0.514 e. The molecule has 6 heteroatoms. The van der Waals surface area contributed by atoms with E-state index in [-0.39, 0.29) is 11.9 Å². The van der Waals surface area contributed by atoms with Gasteiger partial charge in [-0.3, -0.25) is 0 Å². The summed E-state index contributed by atoms with van der Waals surface area (Å²) in [5.41, 5.74) is -0.452. The molecular weight excluding hydrogens is 276 g/mol. The van der Waals surface area contributed by atoms with Crippen LogP contribution in [0.2, 0.25) is 0 Å². The Kier molecular flexibility index (Phi) is 4.67. The number of phenols is 1. The summed E-state index contributed by atoms with van der Waals surface area (Å²) in [6, 6.07) is 3.91. The molecule has 0 aliphatic heterocycles. The third kappa shape index (κ3) is 3.87. The predicted octanol–water partition coefficient (Wildman–Crippen LogP) is 3.18. The van der Waals surface area contributed by atoms with Crippen molar-refractivity contribution >= 4 is 12.1 Å². The highest BCUT2D eigenvalue weighted by Crippen LogP contribution is 2.29. The summed E-state index contributed by atoms with van der Waals surface area (Å²) < 4.78 is 10.1. The van der Waals surface area contributed by atoms with Gasteiger partial charge in [0.25, 0.3) is 0 Å². The molecule has 6 nitrogen and oxygen atoms in total. The largest absolute Gasteiger partial charge is 0.514 e. The van der Waals surface area contributed by atoms with Crippen LogP contribution in [0.25, 0.3) is 0 Å². The maximum atomic E-state index is 11.7. The lowest BCUT2D eigenvalue weighted by molar-refractivity contribution is 0.0348. The van der Waals surface area contributed by atoms with E-state index in [1.54, 1.807) is 0 Å². The first-order chi connectivity index (χ1) is 9.97. The Bertz CT molecular complexity index is 531. The number of rotatable bonds is 3. The summed E-state index contributed by atoms with van der Waals surface area (Å²) in [5.74, 6) is -1.43. The number of hydrogen-bond donors (Lipinski definition) is 2. The molecule has 0 spiro atoms. The van der Waals surface area contributed by atoms with E-state index in [2.05, 4.69) is 6.92 Å². The smallest absolute Gasteiger partial charge is 0.507 e. The van der Waals surface area contributed by atoms with Crippen LogP contribution in [0, 0.1) is 5.92 Å². The predicted molar refractivity (Wildman–Crippen MR) is 73.6 cm³/mol. The van der Waals surface area contributed by atoms with E-state index >= 15 is 0 Å². The molecule has 0 heterocycles. The van der Waals surface area contributed by atoms with E-state index in [0.29, 0.717) is 5.92 Å². The van der Waals surface area contributed by atoms with Gasteiger partial charge in [0.15, 0.2) is 5.75 Å². The van der Waals surface area contributed by atoms with Crippen LogP contribution in [0.1, 0.15) is 43.0 Å². The van der Waals surface area contributed by atoms with Crippen LogP contribution in [0.4, 0.5) is 4.79 Å². The van der Waals surface area contributed by atoms with E-state index in [4.69, 9.17) is 14.6 Å². The molecule has 0 radical (unpaired) electrons. The summed E-state index contributed by atoms with van der Waals surface area (Å²) in [6.45, 7) is 2.15. The van der Waals surface area contributed by atoms with Gasteiger partial charge in [-0.2, -0.15) is 0 Å². The monoisotopic (exact) mass is 294 g/mol. The van der Waals surface area contributed by atoms with Crippen molar-refractivity contribution in [1.29, 1.82) is 0 Å². The number of carbonyl (C=O) groups excluding carboxylic acids is 1. The molecule has 21 heavy (non-hydrogen) atoms. The van der Waals surface area contributed by atoms with Gasteiger partial charge < -0.3 is 19.7 Å². The Morgan fingerprint density at radius 2 is 1.86 bits per heavy atom. The minimum Gasteiger partial charge on any atom is -0.507 e. The first-order valence-electron chi connectivity index (χ1n) is 6.91. The van der Waals surface area contributed by atoms with Gasteiger partial charge in [-0.05, 0) is 43.7 Å². The molecule has 2 rings (SSSR count). The standard InChI is InChI=1S/C15H18O6/c1-9-5-7-10(8-6-9)20-15(19)21-12-4-2-3-11(16)13(12)14(17)18/h2-4,9-10,16H,5-8H2,1H3,(H,17,18). The summed E-state index contributed by atoms with van der Waals surface area (Å²) in [5, 5.41) is 18.5. The van der Waals surface area contributed by atoms with Crippen molar-refractivity contribution in [2.75, 3.05) is 0 Å². The molecule has 0 amide bonds. The molecule has 0 atom stereocenters. The lowest BCUT2D eigenvalue weighted by Gasteiger charge is -2.25. The summed E-state index contributed by atoms with van der Waals surface area (Å²) in [4.78, 5) is 22.8. The number of ether oxygens (including phenoxy) is 2. The van der Waals surface area contributed by atoms with E-state index in [9.17, 15) is 14.7 Å². The zero-order valence-electron chi connectivity index (χ0n) is 11.7. The summed E-state index contributed by atoms with van der Waals surface area (Å²) >= 11 is 0. The van der Waals surface area contributed by atoms with Crippen molar-refractivity contribution < 1.29 is 29.3 Å². The molecule has 2 N–H and O–H groups in total. The average Bonchev–Trinajstić information content (AvgIpc) is 2.41. The highest BCUT2D eigenvalue weighted by Gasteiger charge is 2.24. The zero-order chi connectivity index (χ0) is 15.4. The number of aromatic hydroxyl groups is 1. The Balaban J connectivity index is 2.00. The fourth-order valence-electron chi connectivity index (χ4n) is 2.42. The zero-order valence-corrected chi connectivity index (χ0v) is 11.7. The minimum atomic E-state index is -1.37. The number of carboxylic acid groups (broad SMARTS) is 1. The van der Waals surface area contributed by atoms with Crippen LogP contribution in [0.5, 0.6) is 11.5 Å². The molecule has 1 aliphatic rings. The van der Waals surface area contributed by atoms with E-state index in [1.807, 2.05) is 0 Å². The molecule has 1 aliphatic carbocycles. The van der Waals surface area contributed by atoms with Crippen LogP contribution < -0.4 is 4.74 Å². The van der Waals surface area contributed by atoms with Crippen LogP contribution in [0.3, 0.4) is 0 Å². The van der Waals surface area contributed by atoms with Gasteiger partial charge in [-0.25, -0.2) is 9.59 Å². The molecule has 0 bridgehead atoms. The van der Waals surface area contributed by atoms with Crippen LogP contribution in [0.15, 0.2) is 18.2 Å². The summed E-state index contributed by atoms with van der Waals surface area (Å²) in [6.07, 6.45) is 2.40. The van der Waals surface area contributed by atoms with Gasteiger partial charge in [0.1, 0.15) is 17.4 Å². The number of carbonyl (C=O) groups is 2. The van der Waals surface area contributed by atoms with Gasteiger partial charge in [0.2, 0.25) is 0 Å². The van der Waals surface area contributed by atoms with Crippen molar-refractivity contribution in [2.45, 2.75) is 38.7 Å². The normalized spacial score (nSPS) is 21.6. The first kappa shape index (κ1) is 15.2.